The number of aryl methyl sites for hydroxylation is 1. The maximum atomic E-state index is 11.6. The largest absolute Gasteiger partial charge is 0.463 e. The Morgan fingerprint density at radius 3 is 3.21 bits per heavy atom. The zero-order valence-corrected chi connectivity index (χ0v) is 11.0. The lowest BCUT2D eigenvalue weighted by atomic mass is 10.1. The summed E-state index contributed by atoms with van der Waals surface area (Å²) in [6.07, 6.45) is 7.46. The van der Waals surface area contributed by atoms with Crippen molar-refractivity contribution in [1.82, 2.24) is 9.72 Å². The molecule has 6 heteroatoms. The summed E-state index contributed by atoms with van der Waals surface area (Å²) in [7, 11) is 0. The van der Waals surface area contributed by atoms with Crippen LogP contribution in [-0.2, 0) is 16.0 Å². The normalized spacial score (nSPS) is 19.1. The molecule has 1 unspecified atom stereocenters. The van der Waals surface area contributed by atoms with Crippen molar-refractivity contribution in [3.63, 3.8) is 0 Å². The third kappa shape index (κ3) is 3.33. The lowest BCUT2D eigenvalue weighted by Crippen LogP contribution is -2.21. The maximum Gasteiger partial charge on any atom is 0.441 e. The van der Waals surface area contributed by atoms with Crippen molar-refractivity contribution in [2.24, 2.45) is 0 Å². The van der Waals surface area contributed by atoms with Gasteiger partial charge in [0.15, 0.2) is 5.82 Å². The summed E-state index contributed by atoms with van der Waals surface area (Å²) in [5.74, 6) is -0.0579. The molecule has 1 aliphatic rings. The Morgan fingerprint density at radius 1 is 1.58 bits per heavy atom. The highest BCUT2D eigenvalue weighted by Crippen LogP contribution is 2.24. The van der Waals surface area contributed by atoms with E-state index in [4.69, 9.17) is 9.26 Å². The number of carbonyl (C=O) groups is 1. The van der Waals surface area contributed by atoms with Crippen LogP contribution >= 0.6 is 0 Å². The van der Waals surface area contributed by atoms with Crippen molar-refractivity contribution in [3.05, 3.63) is 28.5 Å². The molecule has 0 saturated heterocycles. The van der Waals surface area contributed by atoms with Gasteiger partial charge >= 0.3 is 11.7 Å². The van der Waals surface area contributed by atoms with Crippen LogP contribution in [0.5, 0.6) is 0 Å². The molecule has 0 fully saturated rings. The first-order valence-corrected chi connectivity index (χ1v) is 6.62. The molecule has 104 valence electrons. The summed E-state index contributed by atoms with van der Waals surface area (Å²) in [6.45, 7) is 2.13. The first-order chi connectivity index (χ1) is 9.22. The SMILES string of the molecule is CCOC(=O)C=CCC1CCCCc2noc(=O)n21. The summed E-state index contributed by atoms with van der Waals surface area (Å²) in [5.41, 5.74) is 0. The Morgan fingerprint density at radius 2 is 2.42 bits per heavy atom. The van der Waals surface area contributed by atoms with Gasteiger partial charge in [0.05, 0.1) is 6.61 Å². The standard InChI is InChI=1S/C13H18N2O4/c1-2-18-12(16)9-5-7-10-6-3-4-8-11-14-19-13(17)15(10)11/h5,9-10H,2-4,6-8H2,1H3. The van der Waals surface area contributed by atoms with Crippen LogP contribution in [-0.4, -0.2) is 22.3 Å². The number of hydrogen-bond acceptors (Lipinski definition) is 5. The molecular weight excluding hydrogens is 248 g/mol. The molecule has 2 heterocycles. The van der Waals surface area contributed by atoms with E-state index in [0.717, 1.165) is 25.7 Å². The molecule has 0 amide bonds. The van der Waals surface area contributed by atoms with Gasteiger partial charge in [0.1, 0.15) is 0 Å². The number of carbonyl (C=O) groups excluding carboxylic acids is 1. The predicted molar refractivity (Wildman–Crippen MR) is 67.7 cm³/mol. The number of hydrogen-bond donors (Lipinski definition) is 0. The molecule has 0 spiro atoms. The van der Waals surface area contributed by atoms with Crippen LogP contribution in [0, 0.1) is 0 Å². The Labute approximate surface area is 111 Å². The molecule has 0 N–H and O–H groups in total. The molecule has 0 aromatic carbocycles. The third-order valence-corrected chi connectivity index (χ3v) is 3.21. The first kappa shape index (κ1) is 13.6. The lowest BCUT2D eigenvalue weighted by molar-refractivity contribution is -0.137. The number of aromatic nitrogens is 2. The third-order valence-electron chi connectivity index (χ3n) is 3.21. The van der Waals surface area contributed by atoms with Crippen LogP contribution in [0.15, 0.2) is 21.5 Å². The van der Waals surface area contributed by atoms with Crippen molar-refractivity contribution < 1.29 is 14.1 Å². The van der Waals surface area contributed by atoms with E-state index in [9.17, 15) is 9.59 Å². The van der Waals surface area contributed by atoms with Gasteiger partial charge in [-0.2, -0.15) is 0 Å². The summed E-state index contributed by atoms with van der Waals surface area (Å²) in [4.78, 5) is 22.9. The fraction of sp³-hybridized carbons (Fsp3) is 0.615. The minimum absolute atomic E-state index is 0.0157. The van der Waals surface area contributed by atoms with Crippen LogP contribution in [0.3, 0.4) is 0 Å². The zero-order chi connectivity index (χ0) is 13.7. The highest BCUT2D eigenvalue weighted by atomic mass is 16.5. The fourth-order valence-corrected chi connectivity index (χ4v) is 2.34. The van der Waals surface area contributed by atoms with Gasteiger partial charge in [0.25, 0.3) is 0 Å². The van der Waals surface area contributed by atoms with E-state index in [1.54, 1.807) is 17.6 Å². The van der Waals surface area contributed by atoms with Gasteiger partial charge in [-0.15, -0.1) is 0 Å². The van der Waals surface area contributed by atoms with E-state index in [-0.39, 0.29) is 12.0 Å². The number of fused-ring (bicyclic) bond motifs is 1. The van der Waals surface area contributed by atoms with Crippen molar-refractivity contribution in [3.8, 4) is 0 Å². The molecule has 1 aromatic rings. The second kappa shape index (κ2) is 6.36. The fourth-order valence-electron chi connectivity index (χ4n) is 2.34. The Kier molecular flexibility index (Phi) is 4.54. The molecule has 1 atom stereocenters. The molecule has 0 aliphatic carbocycles. The van der Waals surface area contributed by atoms with Crippen molar-refractivity contribution >= 4 is 5.97 Å². The molecule has 19 heavy (non-hydrogen) atoms. The van der Waals surface area contributed by atoms with Gasteiger partial charge in [-0.05, 0) is 26.2 Å². The van der Waals surface area contributed by atoms with E-state index >= 15 is 0 Å². The van der Waals surface area contributed by atoms with E-state index < -0.39 is 5.76 Å². The number of nitrogens with zero attached hydrogens (tertiary/aromatic N) is 2. The van der Waals surface area contributed by atoms with Crippen LogP contribution in [0.4, 0.5) is 0 Å². The number of rotatable bonds is 4. The van der Waals surface area contributed by atoms with Crippen molar-refractivity contribution in [2.75, 3.05) is 6.61 Å². The number of esters is 1. The Balaban J connectivity index is 2.06. The van der Waals surface area contributed by atoms with Crippen molar-refractivity contribution in [2.45, 2.75) is 45.1 Å². The molecule has 0 bridgehead atoms. The molecule has 0 saturated carbocycles. The van der Waals surface area contributed by atoms with Crippen LogP contribution in [0.1, 0.15) is 44.5 Å². The van der Waals surface area contributed by atoms with Gasteiger partial charge in [0, 0.05) is 18.5 Å². The molecule has 1 aromatic heterocycles. The second-order valence-electron chi connectivity index (χ2n) is 4.52. The summed E-state index contributed by atoms with van der Waals surface area (Å²) < 4.78 is 11.1. The average molecular weight is 266 g/mol. The minimum atomic E-state index is -0.411. The van der Waals surface area contributed by atoms with Crippen molar-refractivity contribution in [1.29, 1.82) is 0 Å². The Hall–Kier alpha value is -1.85. The monoisotopic (exact) mass is 266 g/mol. The smallest absolute Gasteiger partial charge is 0.441 e. The lowest BCUT2D eigenvalue weighted by Gasteiger charge is -2.13. The molecule has 2 rings (SSSR count). The number of allylic oxidation sites excluding steroid dienone is 1. The molecule has 0 radical (unpaired) electrons. The van der Waals surface area contributed by atoms with Gasteiger partial charge in [-0.1, -0.05) is 17.7 Å². The van der Waals surface area contributed by atoms with E-state index in [2.05, 4.69) is 5.16 Å². The van der Waals surface area contributed by atoms with Gasteiger partial charge in [-0.25, -0.2) is 9.59 Å². The van der Waals surface area contributed by atoms with Gasteiger partial charge < -0.3 is 4.74 Å². The first-order valence-electron chi connectivity index (χ1n) is 6.62. The number of ether oxygens (including phenoxy) is 1. The molecular formula is C13H18N2O4. The van der Waals surface area contributed by atoms with Crippen LogP contribution in [0.2, 0.25) is 0 Å². The maximum absolute atomic E-state index is 11.6. The quantitative estimate of drug-likeness (QED) is 0.611. The average Bonchev–Trinajstić information content (AvgIpc) is 2.62. The van der Waals surface area contributed by atoms with E-state index in [1.807, 2.05) is 0 Å². The Bertz CT molecular complexity index is 515. The summed E-state index contributed by atoms with van der Waals surface area (Å²) in [5, 5.41) is 3.80. The molecule has 1 aliphatic heterocycles. The van der Waals surface area contributed by atoms with Gasteiger partial charge in [-0.3, -0.25) is 9.09 Å². The highest BCUT2D eigenvalue weighted by Gasteiger charge is 2.21. The summed E-state index contributed by atoms with van der Waals surface area (Å²) >= 11 is 0. The predicted octanol–water partition coefficient (Wildman–Crippen LogP) is 1.61. The minimum Gasteiger partial charge on any atom is -0.463 e. The highest BCUT2D eigenvalue weighted by molar-refractivity contribution is 5.81. The second-order valence-corrected chi connectivity index (χ2v) is 4.52. The van der Waals surface area contributed by atoms with E-state index in [0.29, 0.717) is 18.9 Å². The van der Waals surface area contributed by atoms with Crippen LogP contribution in [0.25, 0.3) is 0 Å². The van der Waals surface area contributed by atoms with Crippen LogP contribution < -0.4 is 5.76 Å². The summed E-state index contributed by atoms with van der Waals surface area (Å²) in [6, 6.07) is 0.0157. The molecule has 6 nitrogen and oxygen atoms in total. The zero-order valence-electron chi connectivity index (χ0n) is 11.0. The van der Waals surface area contributed by atoms with Gasteiger partial charge in [0.2, 0.25) is 0 Å². The van der Waals surface area contributed by atoms with E-state index in [1.165, 1.54) is 6.08 Å². The topological polar surface area (TPSA) is 74.3 Å².